The molecule has 50 valence electrons. The minimum absolute atomic E-state index is 0.179. The van der Waals surface area contributed by atoms with Gasteiger partial charge in [-0.2, -0.15) is 0 Å². The van der Waals surface area contributed by atoms with Crippen molar-refractivity contribution < 1.29 is 5.11 Å². The summed E-state index contributed by atoms with van der Waals surface area (Å²) in [5.74, 6) is 0. The number of aliphatic hydroxyl groups excluding tert-OH is 1. The maximum absolute atomic E-state index is 9.11. The second kappa shape index (κ2) is 1.75. The van der Waals surface area contributed by atoms with Crippen molar-refractivity contribution in [2.45, 2.75) is 18.0 Å². The molecule has 1 N–H and O–H groups in total. The van der Waals surface area contributed by atoms with Crippen molar-refractivity contribution in [1.82, 2.24) is 4.90 Å². The molecule has 2 aliphatic rings. The van der Waals surface area contributed by atoms with Crippen LogP contribution >= 0.6 is 11.8 Å². The second-order valence-corrected chi connectivity index (χ2v) is 3.86. The van der Waals surface area contributed by atoms with Gasteiger partial charge in [0.2, 0.25) is 0 Å². The molecule has 3 heteroatoms. The van der Waals surface area contributed by atoms with Crippen molar-refractivity contribution in [3.63, 3.8) is 0 Å². The highest BCUT2D eigenvalue weighted by Crippen LogP contribution is 2.43. The van der Waals surface area contributed by atoms with Gasteiger partial charge in [-0.3, -0.25) is 4.90 Å². The Bertz CT molecular complexity index is 159. The summed E-state index contributed by atoms with van der Waals surface area (Å²) >= 11 is 1.79. The highest BCUT2D eigenvalue weighted by molar-refractivity contribution is 8.03. The van der Waals surface area contributed by atoms with Crippen LogP contribution in [0.4, 0.5) is 0 Å². The van der Waals surface area contributed by atoms with Gasteiger partial charge in [-0.25, -0.2) is 0 Å². The Morgan fingerprint density at radius 1 is 1.78 bits per heavy atom. The summed E-state index contributed by atoms with van der Waals surface area (Å²) in [6.07, 6.45) is 0.741. The lowest BCUT2D eigenvalue weighted by molar-refractivity contribution is -0.0753. The van der Waals surface area contributed by atoms with Gasteiger partial charge in [0.05, 0.1) is 5.37 Å². The van der Waals surface area contributed by atoms with Crippen LogP contribution in [0, 0.1) is 0 Å². The summed E-state index contributed by atoms with van der Waals surface area (Å²) in [4.78, 5) is 3.25. The number of thioether (sulfide) groups is 1. The molecule has 0 amide bonds. The van der Waals surface area contributed by atoms with Crippen LogP contribution in [0.15, 0.2) is 11.5 Å². The smallest absolute Gasteiger partial charge is 0.110 e. The Hall–Kier alpha value is 0.0100. The Morgan fingerprint density at radius 2 is 2.56 bits per heavy atom. The van der Waals surface area contributed by atoms with Gasteiger partial charge in [0.15, 0.2) is 0 Å². The third-order valence-corrected chi connectivity index (χ3v) is 3.02. The van der Waals surface area contributed by atoms with Crippen LogP contribution in [0.3, 0.4) is 0 Å². The Labute approximate surface area is 58.5 Å². The first kappa shape index (κ1) is 5.77. The summed E-state index contributed by atoms with van der Waals surface area (Å²) in [5.41, 5.74) is 0. The molecule has 0 aromatic rings. The van der Waals surface area contributed by atoms with Gasteiger partial charge in [-0.05, 0) is 4.91 Å². The Morgan fingerprint density at radius 3 is 3.00 bits per heavy atom. The maximum atomic E-state index is 9.11. The first-order chi connectivity index (χ1) is 4.27. The summed E-state index contributed by atoms with van der Waals surface area (Å²) in [5, 5.41) is 9.66. The molecule has 0 spiro atoms. The van der Waals surface area contributed by atoms with Gasteiger partial charge in [-0.15, -0.1) is 11.8 Å². The minimum atomic E-state index is -0.179. The number of hydrogen-bond donors (Lipinski definition) is 1. The monoisotopic (exact) mass is 143 g/mol. The van der Waals surface area contributed by atoms with Crippen molar-refractivity contribution in [2.24, 2.45) is 0 Å². The van der Waals surface area contributed by atoms with E-state index in [0.717, 1.165) is 13.0 Å². The van der Waals surface area contributed by atoms with Crippen LogP contribution in [-0.4, -0.2) is 28.2 Å². The second-order valence-electron chi connectivity index (χ2n) is 2.50. The number of fused-ring (bicyclic) bond motifs is 1. The molecule has 0 aliphatic carbocycles. The SMILES string of the molecule is C=C1CN2C(O)CC2S1. The summed E-state index contributed by atoms with van der Waals surface area (Å²) in [6.45, 7) is 4.73. The van der Waals surface area contributed by atoms with E-state index in [1.54, 1.807) is 11.8 Å². The van der Waals surface area contributed by atoms with Gasteiger partial charge in [-0.1, -0.05) is 6.58 Å². The third kappa shape index (κ3) is 0.723. The topological polar surface area (TPSA) is 23.5 Å². The summed E-state index contributed by atoms with van der Waals surface area (Å²) < 4.78 is 0. The lowest BCUT2D eigenvalue weighted by atomic mass is 10.2. The molecule has 2 saturated heterocycles. The maximum Gasteiger partial charge on any atom is 0.110 e. The quantitative estimate of drug-likeness (QED) is 0.537. The zero-order valence-electron chi connectivity index (χ0n) is 5.08. The van der Waals surface area contributed by atoms with Gasteiger partial charge >= 0.3 is 0 Å². The van der Waals surface area contributed by atoms with Crippen molar-refractivity contribution in [3.05, 3.63) is 11.5 Å². The molecule has 2 rings (SSSR count). The van der Waals surface area contributed by atoms with Crippen LogP contribution in [-0.2, 0) is 0 Å². The first-order valence-electron chi connectivity index (χ1n) is 3.05. The first-order valence-corrected chi connectivity index (χ1v) is 3.93. The molecular weight excluding hydrogens is 134 g/mol. The minimum Gasteiger partial charge on any atom is -0.378 e. The van der Waals surface area contributed by atoms with Crippen molar-refractivity contribution in [3.8, 4) is 0 Å². The molecule has 0 aromatic heterocycles. The van der Waals surface area contributed by atoms with E-state index in [0.29, 0.717) is 5.37 Å². The van der Waals surface area contributed by atoms with Crippen LogP contribution in [0.2, 0.25) is 0 Å². The molecule has 0 radical (unpaired) electrons. The average molecular weight is 143 g/mol. The number of nitrogens with zero attached hydrogens (tertiary/aromatic N) is 1. The number of hydrogen-bond acceptors (Lipinski definition) is 3. The molecule has 2 atom stereocenters. The van der Waals surface area contributed by atoms with Crippen molar-refractivity contribution in [2.75, 3.05) is 6.54 Å². The van der Waals surface area contributed by atoms with E-state index in [1.165, 1.54) is 4.91 Å². The van der Waals surface area contributed by atoms with Gasteiger partial charge < -0.3 is 5.11 Å². The van der Waals surface area contributed by atoms with E-state index < -0.39 is 0 Å². The Balaban J connectivity index is 2.08. The zero-order chi connectivity index (χ0) is 6.43. The molecule has 2 fully saturated rings. The van der Waals surface area contributed by atoms with Crippen LogP contribution in [0.25, 0.3) is 0 Å². The fourth-order valence-electron chi connectivity index (χ4n) is 1.26. The van der Waals surface area contributed by atoms with Gasteiger partial charge in [0.25, 0.3) is 0 Å². The van der Waals surface area contributed by atoms with E-state index in [2.05, 4.69) is 11.5 Å². The van der Waals surface area contributed by atoms with Crippen molar-refractivity contribution in [1.29, 1.82) is 0 Å². The van der Waals surface area contributed by atoms with Crippen LogP contribution < -0.4 is 0 Å². The molecule has 2 nitrogen and oxygen atoms in total. The summed E-state index contributed by atoms with van der Waals surface area (Å²) in [6, 6.07) is 0. The number of aliphatic hydroxyl groups is 1. The molecule has 2 unspecified atom stereocenters. The highest BCUT2D eigenvalue weighted by atomic mass is 32.2. The molecular formula is C6H9NOS. The van der Waals surface area contributed by atoms with E-state index in [1.807, 2.05) is 0 Å². The number of rotatable bonds is 0. The van der Waals surface area contributed by atoms with E-state index >= 15 is 0 Å². The standard InChI is InChI=1S/C6H9NOS/c1-4-3-7-5(8)2-6(7)9-4/h5-6,8H,1-3H2. The van der Waals surface area contributed by atoms with Gasteiger partial charge in [0.1, 0.15) is 6.23 Å². The van der Waals surface area contributed by atoms with Crippen LogP contribution in [0.5, 0.6) is 0 Å². The third-order valence-electron chi connectivity index (χ3n) is 1.83. The predicted molar refractivity (Wildman–Crippen MR) is 37.8 cm³/mol. The average Bonchev–Trinajstić information content (AvgIpc) is 2.08. The highest BCUT2D eigenvalue weighted by Gasteiger charge is 2.42. The van der Waals surface area contributed by atoms with E-state index in [9.17, 15) is 0 Å². The lowest BCUT2D eigenvalue weighted by Crippen LogP contribution is -2.50. The summed E-state index contributed by atoms with van der Waals surface area (Å²) in [7, 11) is 0. The molecule has 0 aromatic carbocycles. The van der Waals surface area contributed by atoms with Crippen LogP contribution in [0.1, 0.15) is 6.42 Å². The molecule has 0 saturated carbocycles. The van der Waals surface area contributed by atoms with E-state index in [4.69, 9.17) is 5.11 Å². The fourth-order valence-corrected chi connectivity index (χ4v) is 2.49. The van der Waals surface area contributed by atoms with Gasteiger partial charge in [0, 0.05) is 13.0 Å². The molecule has 2 aliphatic heterocycles. The fraction of sp³-hybridized carbons (Fsp3) is 0.667. The van der Waals surface area contributed by atoms with E-state index in [-0.39, 0.29) is 6.23 Å². The van der Waals surface area contributed by atoms with Crippen molar-refractivity contribution >= 4 is 11.8 Å². The largest absolute Gasteiger partial charge is 0.378 e. The lowest BCUT2D eigenvalue weighted by Gasteiger charge is -2.38. The zero-order valence-corrected chi connectivity index (χ0v) is 5.90. The molecule has 9 heavy (non-hydrogen) atoms. The Kier molecular flexibility index (Phi) is 1.12. The predicted octanol–water partition coefficient (Wildman–Crippen LogP) is 0.597. The molecule has 2 heterocycles. The normalized spacial score (nSPS) is 42.6. The molecule has 0 bridgehead atoms.